The summed E-state index contributed by atoms with van der Waals surface area (Å²) in [7, 11) is 0. The number of piperidine rings is 1. The van der Waals surface area contributed by atoms with Crippen molar-refractivity contribution in [2.24, 2.45) is 0 Å². The van der Waals surface area contributed by atoms with Crippen LogP contribution in [0.1, 0.15) is 23.5 Å². The third-order valence-electron chi connectivity index (χ3n) is 5.06. The maximum Gasteiger partial charge on any atom is 0.0772 e. The first-order chi connectivity index (χ1) is 12.3. The first kappa shape index (κ1) is 16.6. The van der Waals surface area contributed by atoms with Gasteiger partial charge >= 0.3 is 0 Å². The van der Waals surface area contributed by atoms with Gasteiger partial charge in [0.25, 0.3) is 0 Å². The van der Waals surface area contributed by atoms with Crippen LogP contribution in [0.2, 0.25) is 5.02 Å². The lowest BCUT2D eigenvalue weighted by Crippen LogP contribution is -2.40. The maximum atomic E-state index is 6.38. The monoisotopic (exact) mass is 351 g/mol. The van der Waals surface area contributed by atoms with Crippen molar-refractivity contribution in [1.29, 1.82) is 0 Å². The minimum absolute atomic E-state index is 0.175. The molecule has 4 rings (SSSR count). The van der Waals surface area contributed by atoms with Crippen LogP contribution in [-0.4, -0.2) is 19.2 Å². The van der Waals surface area contributed by atoms with Crippen LogP contribution >= 0.6 is 11.6 Å². The quantitative estimate of drug-likeness (QED) is 0.701. The summed E-state index contributed by atoms with van der Waals surface area (Å²) in [6.45, 7) is 2.55. The summed E-state index contributed by atoms with van der Waals surface area (Å²) in [5.74, 6) is 0.411. The van der Waals surface area contributed by atoms with Crippen LogP contribution in [0.4, 0.5) is 0 Å². The number of hydrogen-bond acceptors (Lipinski definition) is 2. The summed E-state index contributed by atoms with van der Waals surface area (Å²) >= 11 is 6.04. The van der Waals surface area contributed by atoms with E-state index in [1.54, 1.807) is 0 Å². The molecule has 128 valence electrons. The summed E-state index contributed by atoms with van der Waals surface area (Å²) in [4.78, 5) is 0. The lowest BCUT2D eigenvalue weighted by atomic mass is 9.88. The van der Waals surface area contributed by atoms with E-state index in [-0.39, 0.29) is 6.10 Å². The van der Waals surface area contributed by atoms with E-state index in [2.05, 4.69) is 59.9 Å². The van der Waals surface area contributed by atoms with Gasteiger partial charge in [-0.3, -0.25) is 0 Å². The normalized spacial score (nSPS) is 20.7. The van der Waals surface area contributed by atoms with E-state index in [0.29, 0.717) is 12.5 Å². The molecule has 1 N–H and O–H groups in total. The van der Waals surface area contributed by atoms with Crippen molar-refractivity contribution >= 4 is 22.4 Å². The number of fused-ring (bicyclic) bond motifs is 1. The van der Waals surface area contributed by atoms with Gasteiger partial charge in [-0.2, -0.15) is 0 Å². The first-order valence-electron chi connectivity index (χ1n) is 8.86. The largest absolute Gasteiger partial charge is 0.372 e. The molecule has 3 heteroatoms. The summed E-state index contributed by atoms with van der Waals surface area (Å²) in [6, 6.07) is 23.1. The maximum absolute atomic E-state index is 6.38. The Morgan fingerprint density at radius 1 is 0.960 bits per heavy atom. The van der Waals surface area contributed by atoms with Crippen molar-refractivity contribution in [2.75, 3.05) is 13.1 Å². The average molecular weight is 352 g/mol. The van der Waals surface area contributed by atoms with Crippen molar-refractivity contribution in [3.05, 3.63) is 82.9 Å². The Morgan fingerprint density at radius 3 is 2.64 bits per heavy atom. The standard InChI is InChI=1S/C22H22ClNO/c23-19-10-8-17(9-11-19)21-12-13-24-14-22(21)25-15-18-6-3-5-16-4-1-2-7-20(16)18/h1-11,21-22,24H,12-15H2. The second-order valence-electron chi connectivity index (χ2n) is 6.64. The molecule has 1 aliphatic heterocycles. The molecule has 0 aromatic heterocycles. The van der Waals surface area contributed by atoms with E-state index < -0.39 is 0 Å². The van der Waals surface area contributed by atoms with Crippen molar-refractivity contribution < 1.29 is 4.74 Å². The van der Waals surface area contributed by atoms with E-state index in [0.717, 1.165) is 24.5 Å². The lowest BCUT2D eigenvalue weighted by Gasteiger charge is -2.32. The van der Waals surface area contributed by atoms with Gasteiger partial charge in [0.15, 0.2) is 0 Å². The molecule has 3 aromatic carbocycles. The molecule has 1 fully saturated rings. The van der Waals surface area contributed by atoms with E-state index in [1.165, 1.54) is 21.9 Å². The molecule has 0 aliphatic carbocycles. The summed E-state index contributed by atoms with van der Waals surface area (Å²) in [6.07, 6.45) is 1.26. The molecule has 1 heterocycles. The Morgan fingerprint density at radius 2 is 1.76 bits per heavy atom. The Kier molecular flexibility index (Phi) is 5.02. The highest BCUT2D eigenvalue weighted by Crippen LogP contribution is 2.30. The SMILES string of the molecule is Clc1ccc(C2CCNCC2OCc2cccc3ccccc23)cc1. The zero-order chi connectivity index (χ0) is 17.1. The van der Waals surface area contributed by atoms with Crippen LogP contribution in [0.25, 0.3) is 10.8 Å². The molecular formula is C22H22ClNO. The Bertz CT molecular complexity index is 841. The zero-order valence-electron chi connectivity index (χ0n) is 14.1. The van der Waals surface area contributed by atoms with E-state index in [1.807, 2.05) is 12.1 Å². The van der Waals surface area contributed by atoms with Gasteiger partial charge in [0.2, 0.25) is 0 Å². The average Bonchev–Trinajstić information content (AvgIpc) is 2.67. The second kappa shape index (κ2) is 7.57. The van der Waals surface area contributed by atoms with Gasteiger partial charge in [-0.15, -0.1) is 0 Å². The van der Waals surface area contributed by atoms with Gasteiger partial charge in [-0.1, -0.05) is 66.2 Å². The van der Waals surface area contributed by atoms with Crippen LogP contribution in [0.3, 0.4) is 0 Å². The Hall–Kier alpha value is -1.87. The number of hydrogen-bond donors (Lipinski definition) is 1. The van der Waals surface area contributed by atoms with Crippen LogP contribution in [0.5, 0.6) is 0 Å². The molecule has 25 heavy (non-hydrogen) atoms. The summed E-state index contributed by atoms with van der Waals surface area (Å²) in [5, 5.41) is 6.79. The molecule has 0 spiro atoms. The number of halogens is 1. The molecule has 3 aromatic rings. The zero-order valence-corrected chi connectivity index (χ0v) is 14.9. The number of rotatable bonds is 4. The molecule has 1 aliphatic rings. The van der Waals surface area contributed by atoms with Gasteiger partial charge in [0.05, 0.1) is 12.7 Å². The predicted octanol–water partition coefficient (Wildman–Crippen LogP) is 5.16. The molecular weight excluding hydrogens is 330 g/mol. The smallest absolute Gasteiger partial charge is 0.0772 e. The minimum atomic E-state index is 0.175. The Balaban J connectivity index is 1.52. The topological polar surface area (TPSA) is 21.3 Å². The van der Waals surface area contributed by atoms with Crippen LogP contribution < -0.4 is 5.32 Å². The van der Waals surface area contributed by atoms with Crippen molar-refractivity contribution in [1.82, 2.24) is 5.32 Å². The van der Waals surface area contributed by atoms with Gasteiger partial charge < -0.3 is 10.1 Å². The van der Waals surface area contributed by atoms with Crippen molar-refractivity contribution in [2.45, 2.75) is 25.0 Å². The van der Waals surface area contributed by atoms with Crippen LogP contribution in [-0.2, 0) is 11.3 Å². The third kappa shape index (κ3) is 3.72. The molecule has 2 atom stereocenters. The van der Waals surface area contributed by atoms with Crippen molar-refractivity contribution in [3.8, 4) is 0 Å². The second-order valence-corrected chi connectivity index (χ2v) is 7.08. The van der Waals surface area contributed by atoms with Crippen LogP contribution in [0, 0.1) is 0 Å². The molecule has 1 saturated heterocycles. The summed E-state index contributed by atoms with van der Waals surface area (Å²) in [5.41, 5.74) is 2.56. The first-order valence-corrected chi connectivity index (χ1v) is 9.23. The van der Waals surface area contributed by atoms with Gasteiger partial charge in [-0.05, 0) is 47.0 Å². The van der Waals surface area contributed by atoms with Gasteiger partial charge in [0.1, 0.15) is 0 Å². The molecule has 0 radical (unpaired) electrons. The Labute approximate surface area is 153 Å². The van der Waals surface area contributed by atoms with Crippen molar-refractivity contribution in [3.63, 3.8) is 0 Å². The fraction of sp³-hybridized carbons (Fsp3) is 0.273. The highest BCUT2D eigenvalue weighted by molar-refractivity contribution is 6.30. The van der Waals surface area contributed by atoms with E-state index >= 15 is 0 Å². The van der Waals surface area contributed by atoms with E-state index in [4.69, 9.17) is 16.3 Å². The fourth-order valence-electron chi connectivity index (χ4n) is 3.71. The summed E-state index contributed by atoms with van der Waals surface area (Å²) < 4.78 is 6.38. The third-order valence-corrected chi connectivity index (χ3v) is 5.31. The fourth-order valence-corrected chi connectivity index (χ4v) is 3.84. The number of ether oxygens (including phenoxy) is 1. The number of nitrogens with one attached hydrogen (secondary N) is 1. The minimum Gasteiger partial charge on any atom is -0.372 e. The van der Waals surface area contributed by atoms with Gasteiger partial charge in [0, 0.05) is 17.5 Å². The molecule has 0 saturated carbocycles. The van der Waals surface area contributed by atoms with Crippen LogP contribution in [0.15, 0.2) is 66.7 Å². The molecule has 0 amide bonds. The molecule has 2 nitrogen and oxygen atoms in total. The lowest BCUT2D eigenvalue weighted by molar-refractivity contribution is 0.0111. The highest BCUT2D eigenvalue weighted by atomic mass is 35.5. The highest BCUT2D eigenvalue weighted by Gasteiger charge is 2.27. The van der Waals surface area contributed by atoms with E-state index in [9.17, 15) is 0 Å². The van der Waals surface area contributed by atoms with Gasteiger partial charge in [-0.25, -0.2) is 0 Å². The number of benzene rings is 3. The molecule has 2 unspecified atom stereocenters. The molecule has 0 bridgehead atoms. The predicted molar refractivity (Wildman–Crippen MR) is 104 cm³/mol.